The van der Waals surface area contributed by atoms with Crippen LogP contribution >= 0.6 is 0 Å². The van der Waals surface area contributed by atoms with Crippen LogP contribution in [0.5, 0.6) is 0 Å². The Bertz CT molecular complexity index is 1780. The number of nitrogens with zero attached hydrogens (tertiary/aromatic N) is 5. The predicted molar refractivity (Wildman–Crippen MR) is 168 cm³/mol. The molecular formula is C34H33N7O. The number of pyridine rings is 2. The largest absolute Gasteiger partial charge is 0.382 e. The van der Waals surface area contributed by atoms with E-state index in [1.165, 1.54) is 0 Å². The van der Waals surface area contributed by atoms with Gasteiger partial charge in [-0.1, -0.05) is 63.9 Å². The molecule has 1 atom stereocenters. The lowest BCUT2D eigenvalue weighted by molar-refractivity contribution is 0.0935. The van der Waals surface area contributed by atoms with Gasteiger partial charge in [0.15, 0.2) is 11.5 Å². The molecule has 0 aliphatic carbocycles. The highest BCUT2D eigenvalue weighted by Gasteiger charge is 2.22. The van der Waals surface area contributed by atoms with Gasteiger partial charge in [0, 0.05) is 22.7 Å². The van der Waals surface area contributed by atoms with Crippen LogP contribution in [-0.4, -0.2) is 25.8 Å². The van der Waals surface area contributed by atoms with Gasteiger partial charge in [-0.05, 0) is 49.4 Å². The number of nitrogens with two attached hydrogens (primary N) is 1. The average Bonchev–Trinajstić information content (AvgIpc) is 3.06. The number of amides is 1. The Labute approximate surface area is 246 Å². The maximum absolute atomic E-state index is 13.3. The summed E-state index contributed by atoms with van der Waals surface area (Å²) in [6, 6.07) is 23.4. The molecule has 8 nitrogen and oxygen atoms in total. The number of hydrogen-bond acceptors (Lipinski definition) is 7. The molecule has 0 aliphatic rings. The highest BCUT2D eigenvalue weighted by atomic mass is 16.2. The second-order valence-electron chi connectivity index (χ2n) is 8.55. The van der Waals surface area contributed by atoms with E-state index in [0.29, 0.717) is 33.9 Å². The number of carbonyl (C=O) groups is 1. The zero-order chi connectivity index (χ0) is 30.6. The molecule has 2 aromatic carbocycles. The molecule has 0 fully saturated rings. The third kappa shape index (κ3) is 6.93. The minimum absolute atomic E-state index is 0.0218. The van der Waals surface area contributed by atoms with Crippen molar-refractivity contribution in [2.24, 2.45) is 0 Å². The standard InChI is InChI=1S/C30H21N7O.2C2H6/c1-3-23-10-5-11-24(35-23)18(2)34-30(38)28-29(32)37-27(21-8-4-7-19(15-21)17-31)26(36-28)22-12-13-25-20(16-22)9-6-14-33-25;2*1-2/h1,4-16,18H,2H3,(H2,32,37)(H,34,38);2*1-2H3. The van der Waals surface area contributed by atoms with Crippen molar-refractivity contribution >= 4 is 22.6 Å². The summed E-state index contributed by atoms with van der Waals surface area (Å²) in [6.07, 6.45) is 7.19. The van der Waals surface area contributed by atoms with Crippen LogP contribution in [0.4, 0.5) is 5.82 Å². The number of nitrogen functional groups attached to an aromatic ring is 1. The minimum atomic E-state index is -0.503. The molecule has 0 bridgehead atoms. The fourth-order valence-electron chi connectivity index (χ4n) is 4.09. The van der Waals surface area contributed by atoms with Crippen molar-refractivity contribution in [1.29, 1.82) is 5.26 Å². The van der Waals surface area contributed by atoms with Crippen LogP contribution in [0.2, 0.25) is 0 Å². The number of nitrogens with one attached hydrogen (secondary N) is 1. The van der Waals surface area contributed by atoms with Gasteiger partial charge in [-0.25, -0.2) is 15.0 Å². The molecule has 1 amide bonds. The summed E-state index contributed by atoms with van der Waals surface area (Å²) in [4.78, 5) is 31.4. The number of carbonyl (C=O) groups excluding carboxylic acids is 1. The Morgan fingerprint density at radius 3 is 2.36 bits per heavy atom. The van der Waals surface area contributed by atoms with Crippen molar-refractivity contribution in [2.75, 3.05) is 5.73 Å². The van der Waals surface area contributed by atoms with Gasteiger partial charge in [0.25, 0.3) is 5.91 Å². The first-order chi connectivity index (χ1) is 20.5. The predicted octanol–water partition coefficient (Wildman–Crippen LogP) is 6.73. The second-order valence-corrected chi connectivity index (χ2v) is 8.55. The Kier molecular flexibility index (Phi) is 10.8. The van der Waals surface area contributed by atoms with E-state index in [2.05, 4.69) is 32.3 Å². The smallest absolute Gasteiger partial charge is 0.274 e. The quantitative estimate of drug-likeness (QED) is 0.230. The lowest BCUT2D eigenvalue weighted by Crippen LogP contribution is -2.29. The average molecular weight is 556 g/mol. The van der Waals surface area contributed by atoms with Gasteiger partial charge < -0.3 is 11.1 Å². The third-order valence-electron chi connectivity index (χ3n) is 5.99. The van der Waals surface area contributed by atoms with Crippen molar-refractivity contribution in [3.8, 4) is 40.9 Å². The Morgan fingerprint density at radius 1 is 0.905 bits per heavy atom. The number of rotatable bonds is 5. The van der Waals surface area contributed by atoms with E-state index in [1.54, 1.807) is 49.5 Å². The normalized spacial score (nSPS) is 10.5. The summed E-state index contributed by atoms with van der Waals surface area (Å²) in [7, 11) is 0. The molecule has 5 rings (SSSR count). The zero-order valence-corrected chi connectivity index (χ0v) is 24.4. The van der Waals surface area contributed by atoms with Crippen LogP contribution in [0.3, 0.4) is 0 Å². The van der Waals surface area contributed by atoms with Crippen molar-refractivity contribution < 1.29 is 4.79 Å². The highest BCUT2D eigenvalue weighted by Crippen LogP contribution is 2.33. The summed E-state index contributed by atoms with van der Waals surface area (Å²) in [5.41, 5.74) is 10.9. The summed E-state index contributed by atoms with van der Waals surface area (Å²) in [5, 5.41) is 13.2. The van der Waals surface area contributed by atoms with Gasteiger partial charge in [0.05, 0.1) is 40.3 Å². The molecule has 210 valence electrons. The molecule has 3 N–H and O–H groups in total. The Balaban J connectivity index is 0.00000116. The first kappa shape index (κ1) is 30.9. The number of benzene rings is 2. The molecule has 3 aromatic heterocycles. The number of nitriles is 1. The van der Waals surface area contributed by atoms with E-state index < -0.39 is 11.9 Å². The van der Waals surface area contributed by atoms with Crippen LogP contribution in [0.15, 0.2) is 79.0 Å². The molecule has 0 radical (unpaired) electrons. The number of anilines is 1. The molecule has 0 aliphatic heterocycles. The molecule has 1 unspecified atom stereocenters. The zero-order valence-electron chi connectivity index (χ0n) is 24.4. The summed E-state index contributed by atoms with van der Waals surface area (Å²) >= 11 is 0. The fourth-order valence-corrected chi connectivity index (χ4v) is 4.09. The lowest BCUT2D eigenvalue weighted by Gasteiger charge is -2.16. The van der Waals surface area contributed by atoms with Crippen LogP contribution in [0.1, 0.15) is 68.1 Å². The molecule has 5 aromatic rings. The van der Waals surface area contributed by atoms with Crippen molar-refractivity contribution in [3.05, 3.63) is 102 Å². The van der Waals surface area contributed by atoms with Crippen molar-refractivity contribution in [1.82, 2.24) is 25.3 Å². The van der Waals surface area contributed by atoms with E-state index in [0.717, 1.165) is 16.5 Å². The van der Waals surface area contributed by atoms with Gasteiger partial charge in [-0.3, -0.25) is 9.78 Å². The van der Waals surface area contributed by atoms with E-state index in [9.17, 15) is 10.1 Å². The topological polar surface area (TPSA) is 130 Å². The molecule has 0 saturated heterocycles. The van der Waals surface area contributed by atoms with E-state index in [-0.39, 0.29) is 11.5 Å². The lowest BCUT2D eigenvalue weighted by atomic mass is 10.0. The summed E-state index contributed by atoms with van der Waals surface area (Å²) in [6.45, 7) is 9.79. The molecule has 42 heavy (non-hydrogen) atoms. The van der Waals surface area contributed by atoms with Crippen LogP contribution in [-0.2, 0) is 0 Å². The number of hydrogen-bond donors (Lipinski definition) is 2. The summed E-state index contributed by atoms with van der Waals surface area (Å²) in [5.74, 6) is 1.95. The monoisotopic (exact) mass is 555 g/mol. The number of terminal acetylenes is 1. The van der Waals surface area contributed by atoms with Crippen LogP contribution < -0.4 is 11.1 Å². The summed E-state index contributed by atoms with van der Waals surface area (Å²) < 4.78 is 0. The van der Waals surface area contributed by atoms with E-state index in [4.69, 9.17) is 17.1 Å². The SMILES string of the molecule is C#Cc1cccc(C(C)NC(=O)c2nc(-c3ccc4ncccc4c3)c(-c3cccc(C#N)c3)nc2N)n1.CC.CC. The number of aromatic nitrogens is 4. The maximum Gasteiger partial charge on any atom is 0.274 e. The van der Waals surface area contributed by atoms with Crippen molar-refractivity contribution in [3.63, 3.8) is 0 Å². The molecular weight excluding hydrogens is 522 g/mol. The van der Waals surface area contributed by atoms with Crippen LogP contribution in [0.25, 0.3) is 33.4 Å². The first-order valence-electron chi connectivity index (χ1n) is 13.7. The molecule has 8 heteroatoms. The van der Waals surface area contributed by atoms with E-state index in [1.807, 2.05) is 64.1 Å². The fraction of sp³-hybridized carbons (Fsp3) is 0.176. The minimum Gasteiger partial charge on any atom is -0.382 e. The van der Waals surface area contributed by atoms with E-state index >= 15 is 0 Å². The number of fused-ring (bicyclic) bond motifs is 1. The van der Waals surface area contributed by atoms with Gasteiger partial charge in [-0.15, -0.1) is 6.42 Å². The molecule has 3 heterocycles. The van der Waals surface area contributed by atoms with Gasteiger partial charge in [-0.2, -0.15) is 5.26 Å². The van der Waals surface area contributed by atoms with Gasteiger partial charge >= 0.3 is 0 Å². The molecule has 0 saturated carbocycles. The van der Waals surface area contributed by atoms with Gasteiger partial charge in [0.1, 0.15) is 5.69 Å². The highest BCUT2D eigenvalue weighted by molar-refractivity contribution is 5.98. The second kappa shape index (κ2) is 14.7. The van der Waals surface area contributed by atoms with Crippen LogP contribution in [0, 0.1) is 23.7 Å². The Morgan fingerprint density at radius 2 is 1.62 bits per heavy atom. The molecule has 0 spiro atoms. The Hall–Kier alpha value is -5.60. The van der Waals surface area contributed by atoms with Crippen molar-refractivity contribution in [2.45, 2.75) is 40.7 Å². The van der Waals surface area contributed by atoms with Gasteiger partial charge in [0.2, 0.25) is 0 Å². The third-order valence-corrected chi connectivity index (χ3v) is 5.99. The first-order valence-corrected chi connectivity index (χ1v) is 13.7. The maximum atomic E-state index is 13.3.